The predicted molar refractivity (Wildman–Crippen MR) is 268 cm³/mol. The zero-order chi connectivity index (χ0) is 50.0. The number of nitrogens with zero attached hydrogens (tertiary/aromatic N) is 5. The zero-order valence-corrected chi connectivity index (χ0v) is 45.7. The lowest BCUT2D eigenvalue weighted by Gasteiger charge is -2.17. The summed E-state index contributed by atoms with van der Waals surface area (Å²) in [6.45, 7) is 25.8. The maximum absolute atomic E-state index is 12.5. The largest absolute Gasteiger partial charge is 0.472 e. The highest BCUT2D eigenvalue weighted by atomic mass is 35.5. The number of aliphatic hydroxyl groups is 1. The predicted octanol–water partition coefficient (Wildman–Crippen LogP) is 5.58. The summed E-state index contributed by atoms with van der Waals surface area (Å²) >= 11 is 17.9. The first-order valence-electron chi connectivity index (χ1n) is 22.4. The molecule has 25 heteroatoms. The molecule has 3 aliphatic heterocycles. The molecule has 19 nitrogen and oxygen atoms in total. The van der Waals surface area contributed by atoms with Gasteiger partial charge in [0.25, 0.3) is 11.1 Å². The van der Waals surface area contributed by atoms with Gasteiger partial charge in [0.15, 0.2) is 0 Å². The SMILES string of the molecule is C[Si](C)(C)CCOCn1c(Cl)cc(=O)[nH]c1=O.C[Si](C)(C)CCOCn1c(Cl)cc(=O)n(C2CCOC2)c1=O.C[Si](C)(C)CCOCn1c(Cl)cc(OC2CCOC2)nc1=O.OC1CCOC1. The highest BCUT2D eigenvalue weighted by Gasteiger charge is 2.24. The van der Waals surface area contributed by atoms with Gasteiger partial charge in [-0.25, -0.2) is 14.4 Å². The summed E-state index contributed by atoms with van der Waals surface area (Å²) in [5.74, 6) is 0.240. The van der Waals surface area contributed by atoms with E-state index in [1.165, 1.54) is 24.3 Å². The number of hydrogen-bond acceptors (Lipinski definition) is 14. The van der Waals surface area contributed by atoms with Crippen molar-refractivity contribution in [3.63, 3.8) is 0 Å². The van der Waals surface area contributed by atoms with Gasteiger partial charge in [-0.2, -0.15) is 4.98 Å². The second-order valence-corrected chi connectivity index (χ2v) is 37.9. The maximum Gasteiger partial charge on any atom is 0.353 e. The van der Waals surface area contributed by atoms with Crippen LogP contribution in [0.2, 0.25) is 92.5 Å². The van der Waals surface area contributed by atoms with E-state index in [0.29, 0.717) is 59.3 Å². The fraction of sp³-hybridized carbons (Fsp3) is 0.714. The number of halogens is 3. The van der Waals surface area contributed by atoms with Crippen LogP contribution in [0, 0.1) is 0 Å². The fourth-order valence-corrected chi connectivity index (χ4v) is 8.82. The van der Waals surface area contributed by atoms with Crippen molar-refractivity contribution in [3.8, 4) is 5.88 Å². The molecule has 0 aromatic carbocycles. The summed E-state index contributed by atoms with van der Waals surface area (Å²) in [7, 11) is -3.46. The maximum atomic E-state index is 12.5. The van der Waals surface area contributed by atoms with Crippen molar-refractivity contribution in [1.82, 2.24) is 28.2 Å². The second kappa shape index (κ2) is 28.2. The number of nitrogens with one attached hydrogen (secondary N) is 1. The first kappa shape index (κ1) is 58.6. The van der Waals surface area contributed by atoms with Crippen LogP contribution in [0.25, 0.3) is 0 Å². The Labute approximate surface area is 409 Å². The quantitative estimate of drug-likeness (QED) is 0.0903. The molecule has 3 aromatic heterocycles. The normalized spacial score (nSPS) is 18.4. The van der Waals surface area contributed by atoms with E-state index >= 15 is 0 Å². The lowest BCUT2D eigenvalue weighted by Crippen LogP contribution is -2.42. The molecule has 0 saturated carbocycles. The van der Waals surface area contributed by atoms with E-state index in [2.05, 4.69) is 68.9 Å². The molecule has 0 bridgehead atoms. The molecule has 3 aromatic rings. The molecule has 3 saturated heterocycles. The van der Waals surface area contributed by atoms with Gasteiger partial charge in [-0.05, 0) is 31.0 Å². The third kappa shape index (κ3) is 22.7. The van der Waals surface area contributed by atoms with Gasteiger partial charge in [0.1, 0.15) is 41.8 Å². The van der Waals surface area contributed by atoms with Crippen LogP contribution in [0.3, 0.4) is 0 Å². The first-order chi connectivity index (χ1) is 31.3. The molecule has 3 unspecified atom stereocenters. The van der Waals surface area contributed by atoms with Gasteiger partial charge in [0, 0.05) is 81.9 Å². The number of ether oxygens (including phenoxy) is 7. The van der Waals surface area contributed by atoms with E-state index in [-0.39, 0.29) is 65.3 Å². The molecule has 3 aliphatic rings. The Morgan fingerprint density at radius 3 is 1.60 bits per heavy atom. The van der Waals surface area contributed by atoms with Crippen molar-refractivity contribution in [2.24, 2.45) is 0 Å². The molecule has 380 valence electrons. The van der Waals surface area contributed by atoms with Crippen LogP contribution in [0.4, 0.5) is 0 Å². The Morgan fingerprint density at radius 1 is 0.657 bits per heavy atom. The van der Waals surface area contributed by atoms with E-state index in [1.54, 1.807) is 6.07 Å². The summed E-state index contributed by atoms with van der Waals surface area (Å²) in [5.41, 5.74) is -2.33. The second-order valence-electron chi connectivity index (χ2n) is 19.9. The standard InChI is InChI=1S/2C14H23ClN2O4Si.C10H17ClN2O3Si.C4H8O2/c1-22(2,3)7-6-20-10-17-12(15)8-13(16-14(17)18)21-11-4-5-19-9-11;1-22(2,3)7-6-21-10-16-12(15)8-13(18)17(14(16)19)11-4-5-20-9-11;1-17(2,3)5-4-16-7-13-8(11)6-9(14)12-10(13)15;5-4-1-2-6-3-4/h2*8,11H,4-7,9-10H2,1-3H3;6H,4-5,7H2,1-3H3,(H,12,14,15);4-5H,1-3H2. The van der Waals surface area contributed by atoms with Gasteiger partial charge < -0.3 is 38.3 Å². The molecule has 6 rings (SSSR count). The molecule has 3 atom stereocenters. The number of H-pyrrole nitrogens is 1. The summed E-state index contributed by atoms with van der Waals surface area (Å²) in [4.78, 5) is 64.9. The highest BCUT2D eigenvalue weighted by molar-refractivity contribution is 6.76. The number of aromatic nitrogens is 6. The molecular weight excluding hydrogens is 987 g/mol. The molecular formula is C42H71Cl3N6O13Si3. The van der Waals surface area contributed by atoms with Crippen LogP contribution < -0.4 is 32.9 Å². The summed E-state index contributed by atoms with van der Waals surface area (Å²) in [6.07, 6.45) is 2.03. The van der Waals surface area contributed by atoms with E-state index in [4.69, 9.17) is 73.1 Å². The fourth-order valence-electron chi connectivity index (χ4n) is 5.89. The molecule has 2 N–H and O–H groups in total. The number of aromatic amines is 1. The minimum Gasteiger partial charge on any atom is -0.472 e. The smallest absolute Gasteiger partial charge is 0.353 e. The molecule has 67 heavy (non-hydrogen) atoms. The Hall–Kier alpha value is -2.72. The van der Waals surface area contributed by atoms with E-state index in [9.17, 15) is 24.0 Å². The average Bonchev–Trinajstić information content (AvgIpc) is 4.02. The van der Waals surface area contributed by atoms with Crippen molar-refractivity contribution in [2.45, 2.75) is 135 Å². The van der Waals surface area contributed by atoms with Gasteiger partial charge in [0.2, 0.25) is 5.88 Å². The Balaban J connectivity index is 0.000000252. The molecule has 0 spiro atoms. The number of rotatable bonds is 18. The van der Waals surface area contributed by atoms with Gasteiger partial charge >= 0.3 is 17.1 Å². The van der Waals surface area contributed by atoms with Crippen molar-refractivity contribution in [2.75, 3.05) is 59.5 Å². The van der Waals surface area contributed by atoms with E-state index < -0.39 is 46.9 Å². The third-order valence-electron chi connectivity index (χ3n) is 10.1. The lowest BCUT2D eigenvalue weighted by atomic mass is 10.2. The first-order valence-corrected chi connectivity index (χ1v) is 34.7. The van der Waals surface area contributed by atoms with Crippen LogP contribution in [-0.4, -0.2) is 129 Å². The minimum absolute atomic E-state index is 0.0631. The van der Waals surface area contributed by atoms with E-state index in [1.807, 2.05) is 0 Å². The van der Waals surface area contributed by atoms with Crippen molar-refractivity contribution < 1.29 is 38.3 Å². The van der Waals surface area contributed by atoms with Crippen LogP contribution in [-0.2, 0) is 48.6 Å². The van der Waals surface area contributed by atoms with E-state index in [0.717, 1.165) is 43.6 Å². The van der Waals surface area contributed by atoms with Gasteiger partial charge in [0.05, 0.1) is 38.6 Å². The van der Waals surface area contributed by atoms with Crippen molar-refractivity contribution in [3.05, 3.63) is 85.8 Å². The van der Waals surface area contributed by atoms with Crippen LogP contribution >= 0.6 is 34.8 Å². The van der Waals surface area contributed by atoms with Gasteiger partial charge in [-0.3, -0.25) is 32.8 Å². The van der Waals surface area contributed by atoms with Crippen LogP contribution in [0.5, 0.6) is 5.88 Å². The zero-order valence-electron chi connectivity index (χ0n) is 40.4. The number of hydrogen-bond donors (Lipinski definition) is 2. The van der Waals surface area contributed by atoms with Gasteiger partial charge in [-0.1, -0.05) is 93.7 Å². The molecule has 0 aliphatic carbocycles. The van der Waals surface area contributed by atoms with Crippen molar-refractivity contribution >= 4 is 59.0 Å². The Bertz CT molecular complexity index is 2270. The Morgan fingerprint density at radius 2 is 1.15 bits per heavy atom. The topological polar surface area (TPSA) is 219 Å². The molecule has 0 radical (unpaired) electrons. The summed E-state index contributed by atoms with van der Waals surface area (Å²) in [5, 5.41) is 9.07. The molecule has 3 fully saturated rings. The number of aliphatic hydroxyl groups excluding tert-OH is 1. The average molecular weight is 1060 g/mol. The Kier molecular flexibility index (Phi) is 24.7. The molecule has 0 amide bonds. The monoisotopic (exact) mass is 1060 g/mol. The summed E-state index contributed by atoms with van der Waals surface area (Å²) < 4.78 is 42.4. The third-order valence-corrected chi connectivity index (χ3v) is 16.1. The van der Waals surface area contributed by atoms with Gasteiger partial charge in [-0.15, -0.1) is 0 Å². The highest BCUT2D eigenvalue weighted by Crippen LogP contribution is 2.19. The minimum atomic E-state index is -1.18. The van der Waals surface area contributed by atoms with Crippen molar-refractivity contribution in [1.29, 1.82) is 0 Å². The van der Waals surface area contributed by atoms with Crippen LogP contribution in [0.1, 0.15) is 25.3 Å². The van der Waals surface area contributed by atoms with Crippen LogP contribution in [0.15, 0.2) is 42.2 Å². The molecule has 6 heterocycles. The summed E-state index contributed by atoms with van der Waals surface area (Å²) in [6, 6.07) is 6.82. The lowest BCUT2D eigenvalue weighted by molar-refractivity contribution is 0.0819.